The van der Waals surface area contributed by atoms with Crippen molar-refractivity contribution < 1.29 is 23.5 Å². The maximum atomic E-state index is 12.4. The fraction of sp³-hybridized carbons (Fsp3) is 0.368. The van der Waals surface area contributed by atoms with Crippen molar-refractivity contribution in [2.24, 2.45) is 0 Å². The normalized spacial score (nSPS) is 16.2. The predicted molar refractivity (Wildman–Crippen MR) is 103 cm³/mol. The standard InChI is InChI=1S/C19H20BrN3O5/c20-17-4-3-15(28-17)19(25)21-10-18(24)23-7-5-22(6-8-23)11-13-1-2-14-16(9-13)27-12-26-14/h1-4,9H,5-8,10-12H2,(H,21,25). The van der Waals surface area contributed by atoms with Crippen LogP contribution in [0.25, 0.3) is 0 Å². The van der Waals surface area contributed by atoms with E-state index in [1.807, 2.05) is 18.2 Å². The molecule has 2 aromatic rings. The fourth-order valence-corrected chi connectivity index (χ4v) is 3.55. The summed E-state index contributed by atoms with van der Waals surface area (Å²) in [6.45, 7) is 3.84. The summed E-state index contributed by atoms with van der Waals surface area (Å²) in [5, 5.41) is 2.60. The minimum Gasteiger partial charge on any atom is -0.454 e. The average Bonchev–Trinajstić information content (AvgIpc) is 3.35. The minimum atomic E-state index is -0.402. The molecular weight excluding hydrogens is 430 g/mol. The number of nitrogens with one attached hydrogen (secondary N) is 1. The number of carbonyl (C=O) groups is 2. The summed E-state index contributed by atoms with van der Waals surface area (Å²) in [4.78, 5) is 28.4. The quantitative estimate of drug-likeness (QED) is 0.749. The van der Waals surface area contributed by atoms with Crippen molar-refractivity contribution in [1.29, 1.82) is 0 Å². The van der Waals surface area contributed by atoms with Gasteiger partial charge in [0.2, 0.25) is 12.7 Å². The zero-order valence-corrected chi connectivity index (χ0v) is 16.7. The molecular formula is C19H20BrN3O5. The number of furan rings is 1. The van der Waals surface area contributed by atoms with E-state index in [1.165, 1.54) is 0 Å². The van der Waals surface area contributed by atoms with Crippen LogP contribution in [0.5, 0.6) is 11.5 Å². The topological polar surface area (TPSA) is 84.3 Å². The number of benzene rings is 1. The molecule has 0 aliphatic carbocycles. The average molecular weight is 450 g/mol. The van der Waals surface area contributed by atoms with Crippen molar-refractivity contribution in [2.75, 3.05) is 39.5 Å². The van der Waals surface area contributed by atoms with E-state index in [1.54, 1.807) is 17.0 Å². The van der Waals surface area contributed by atoms with Gasteiger partial charge in [0.15, 0.2) is 21.9 Å². The molecule has 0 spiro atoms. The zero-order chi connectivity index (χ0) is 19.5. The SMILES string of the molecule is O=C(NCC(=O)N1CCN(Cc2ccc3c(c2)OCO3)CC1)c1ccc(Br)o1. The van der Waals surface area contributed by atoms with Crippen LogP contribution >= 0.6 is 15.9 Å². The third kappa shape index (κ3) is 4.31. The highest BCUT2D eigenvalue weighted by atomic mass is 79.9. The first-order chi connectivity index (χ1) is 13.6. The second-order valence-electron chi connectivity index (χ2n) is 6.63. The van der Waals surface area contributed by atoms with Crippen LogP contribution < -0.4 is 14.8 Å². The Kier molecular flexibility index (Phi) is 5.54. The molecule has 28 heavy (non-hydrogen) atoms. The number of piperazine rings is 1. The second kappa shape index (κ2) is 8.24. The molecule has 2 aliphatic heterocycles. The molecule has 0 atom stereocenters. The van der Waals surface area contributed by atoms with Crippen molar-refractivity contribution in [3.8, 4) is 11.5 Å². The van der Waals surface area contributed by atoms with E-state index in [0.29, 0.717) is 17.8 Å². The molecule has 0 bridgehead atoms. The van der Waals surface area contributed by atoms with Crippen LogP contribution in [0.2, 0.25) is 0 Å². The molecule has 0 unspecified atom stereocenters. The van der Waals surface area contributed by atoms with E-state index in [2.05, 4.69) is 26.1 Å². The van der Waals surface area contributed by atoms with Gasteiger partial charge in [0.05, 0.1) is 6.54 Å². The maximum Gasteiger partial charge on any atom is 0.287 e. The molecule has 8 nitrogen and oxygen atoms in total. The van der Waals surface area contributed by atoms with E-state index < -0.39 is 5.91 Å². The van der Waals surface area contributed by atoms with E-state index in [9.17, 15) is 9.59 Å². The lowest BCUT2D eigenvalue weighted by atomic mass is 10.1. The van der Waals surface area contributed by atoms with Gasteiger partial charge in [-0.1, -0.05) is 6.07 Å². The van der Waals surface area contributed by atoms with Crippen molar-refractivity contribution in [3.63, 3.8) is 0 Å². The number of halogens is 1. The van der Waals surface area contributed by atoms with Gasteiger partial charge in [-0.25, -0.2) is 0 Å². The van der Waals surface area contributed by atoms with Gasteiger partial charge < -0.3 is 24.1 Å². The largest absolute Gasteiger partial charge is 0.454 e. The number of hydrogen-bond acceptors (Lipinski definition) is 6. The molecule has 1 aromatic carbocycles. The number of nitrogens with zero attached hydrogens (tertiary/aromatic N) is 2. The molecule has 148 valence electrons. The fourth-order valence-electron chi connectivity index (χ4n) is 3.24. The minimum absolute atomic E-state index is 0.0423. The Hall–Kier alpha value is -2.52. The Labute approximate surface area is 170 Å². The lowest BCUT2D eigenvalue weighted by Crippen LogP contribution is -2.50. The molecule has 9 heteroatoms. The van der Waals surface area contributed by atoms with Crippen LogP contribution in [0, 0.1) is 0 Å². The first-order valence-corrected chi connectivity index (χ1v) is 9.80. The monoisotopic (exact) mass is 449 g/mol. The van der Waals surface area contributed by atoms with E-state index in [-0.39, 0.29) is 25.0 Å². The number of ether oxygens (including phenoxy) is 2. The van der Waals surface area contributed by atoms with Crippen LogP contribution in [-0.4, -0.2) is 61.1 Å². The Bertz CT molecular complexity index is 876. The van der Waals surface area contributed by atoms with Gasteiger partial charge in [-0.15, -0.1) is 0 Å². The second-order valence-corrected chi connectivity index (χ2v) is 7.41. The van der Waals surface area contributed by atoms with Crippen molar-refractivity contribution >= 4 is 27.7 Å². The van der Waals surface area contributed by atoms with E-state index >= 15 is 0 Å². The molecule has 1 fully saturated rings. The first-order valence-electron chi connectivity index (χ1n) is 9.01. The van der Waals surface area contributed by atoms with E-state index in [4.69, 9.17) is 13.9 Å². The van der Waals surface area contributed by atoms with Gasteiger partial charge in [-0.2, -0.15) is 0 Å². The summed E-state index contributed by atoms with van der Waals surface area (Å²) < 4.78 is 16.4. The molecule has 0 saturated carbocycles. The first kappa shape index (κ1) is 18.8. The zero-order valence-electron chi connectivity index (χ0n) is 15.2. The molecule has 1 N–H and O–H groups in total. The predicted octanol–water partition coefficient (Wildman–Crippen LogP) is 1.85. The summed E-state index contributed by atoms with van der Waals surface area (Å²) in [6, 6.07) is 9.16. The number of rotatable bonds is 5. The van der Waals surface area contributed by atoms with Gasteiger partial charge in [0.25, 0.3) is 5.91 Å². The lowest BCUT2D eigenvalue weighted by molar-refractivity contribution is -0.131. The van der Waals surface area contributed by atoms with Crippen molar-refractivity contribution in [1.82, 2.24) is 15.1 Å². The lowest BCUT2D eigenvalue weighted by Gasteiger charge is -2.34. The molecule has 2 aliphatic rings. The third-order valence-corrected chi connectivity index (χ3v) is 5.19. The van der Waals surface area contributed by atoms with E-state index in [0.717, 1.165) is 36.7 Å². The number of carbonyl (C=O) groups excluding carboxylic acids is 2. The summed E-state index contributed by atoms with van der Waals surface area (Å²) in [5.41, 5.74) is 1.15. The highest BCUT2D eigenvalue weighted by Gasteiger charge is 2.22. The number of hydrogen-bond donors (Lipinski definition) is 1. The Balaban J connectivity index is 1.22. The van der Waals surface area contributed by atoms with Crippen LogP contribution in [0.1, 0.15) is 16.1 Å². The van der Waals surface area contributed by atoms with Gasteiger partial charge in [-0.05, 0) is 45.8 Å². The highest BCUT2D eigenvalue weighted by molar-refractivity contribution is 9.10. The Morgan fingerprint density at radius 1 is 1.04 bits per heavy atom. The highest BCUT2D eigenvalue weighted by Crippen LogP contribution is 2.32. The maximum absolute atomic E-state index is 12.4. The van der Waals surface area contributed by atoms with Gasteiger partial charge in [-0.3, -0.25) is 14.5 Å². The van der Waals surface area contributed by atoms with Gasteiger partial charge in [0, 0.05) is 32.7 Å². The summed E-state index contributed by atoms with van der Waals surface area (Å²) in [6.07, 6.45) is 0. The van der Waals surface area contributed by atoms with Crippen molar-refractivity contribution in [2.45, 2.75) is 6.54 Å². The van der Waals surface area contributed by atoms with Gasteiger partial charge >= 0.3 is 0 Å². The Morgan fingerprint density at radius 2 is 1.82 bits per heavy atom. The Morgan fingerprint density at radius 3 is 2.57 bits per heavy atom. The molecule has 2 amide bonds. The van der Waals surface area contributed by atoms with Crippen LogP contribution in [0.15, 0.2) is 39.4 Å². The molecule has 1 aromatic heterocycles. The smallest absolute Gasteiger partial charge is 0.287 e. The molecule has 4 rings (SSSR count). The van der Waals surface area contributed by atoms with Gasteiger partial charge in [0.1, 0.15) is 0 Å². The molecule has 3 heterocycles. The molecule has 0 radical (unpaired) electrons. The summed E-state index contributed by atoms with van der Waals surface area (Å²) in [7, 11) is 0. The van der Waals surface area contributed by atoms with Crippen LogP contribution in [0.4, 0.5) is 0 Å². The summed E-state index contributed by atoms with van der Waals surface area (Å²) in [5.74, 6) is 1.24. The van der Waals surface area contributed by atoms with Crippen molar-refractivity contribution in [3.05, 3.63) is 46.3 Å². The summed E-state index contributed by atoms with van der Waals surface area (Å²) >= 11 is 3.15. The van der Waals surface area contributed by atoms with Crippen LogP contribution in [-0.2, 0) is 11.3 Å². The number of amides is 2. The number of fused-ring (bicyclic) bond motifs is 1. The molecule has 1 saturated heterocycles. The third-order valence-electron chi connectivity index (χ3n) is 4.77. The van der Waals surface area contributed by atoms with Crippen LogP contribution in [0.3, 0.4) is 0 Å².